The molecule has 0 fully saturated rings. The number of nitrogens with zero attached hydrogens (tertiary/aromatic N) is 2. The SMILES string of the molecule is CCOC(=O)c1noc(-c2cc(Cl)ccc2C)n1. The minimum absolute atomic E-state index is 0.0915. The van der Waals surface area contributed by atoms with Crippen LogP contribution in [0.2, 0.25) is 5.02 Å². The molecule has 0 bridgehead atoms. The van der Waals surface area contributed by atoms with Crippen molar-refractivity contribution in [3.05, 3.63) is 34.6 Å². The standard InChI is InChI=1S/C12H11ClN2O3/c1-3-17-12(16)10-14-11(18-15-10)9-6-8(13)5-4-7(9)2/h4-6H,3H2,1-2H3. The van der Waals surface area contributed by atoms with Crippen LogP contribution in [0.5, 0.6) is 0 Å². The molecule has 1 aromatic heterocycles. The number of rotatable bonds is 3. The molecule has 5 nitrogen and oxygen atoms in total. The van der Waals surface area contributed by atoms with Crippen LogP contribution in [-0.4, -0.2) is 22.7 Å². The predicted molar refractivity (Wildman–Crippen MR) is 65.4 cm³/mol. The molecule has 0 N–H and O–H groups in total. The minimum Gasteiger partial charge on any atom is -0.460 e. The lowest BCUT2D eigenvalue weighted by Gasteiger charge is -2.00. The number of carbonyl (C=O) groups is 1. The van der Waals surface area contributed by atoms with Crippen LogP contribution in [0, 0.1) is 6.92 Å². The first-order chi connectivity index (χ1) is 8.61. The lowest BCUT2D eigenvalue weighted by atomic mass is 10.1. The topological polar surface area (TPSA) is 65.2 Å². The lowest BCUT2D eigenvalue weighted by molar-refractivity contribution is 0.0508. The monoisotopic (exact) mass is 266 g/mol. The lowest BCUT2D eigenvalue weighted by Crippen LogP contribution is -2.06. The summed E-state index contributed by atoms with van der Waals surface area (Å²) < 4.78 is 9.81. The maximum absolute atomic E-state index is 11.4. The van der Waals surface area contributed by atoms with Gasteiger partial charge in [-0.25, -0.2) is 4.79 Å². The quantitative estimate of drug-likeness (QED) is 0.799. The zero-order chi connectivity index (χ0) is 13.1. The van der Waals surface area contributed by atoms with E-state index in [4.69, 9.17) is 20.9 Å². The van der Waals surface area contributed by atoms with Crippen LogP contribution in [0.15, 0.2) is 22.7 Å². The largest absolute Gasteiger partial charge is 0.460 e. The number of halogens is 1. The zero-order valence-corrected chi connectivity index (χ0v) is 10.7. The molecule has 0 atom stereocenters. The Morgan fingerprint density at radius 3 is 3.00 bits per heavy atom. The number of aromatic nitrogens is 2. The zero-order valence-electron chi connectivity index (χ0n) is 9.94. The van der Waals surface area contributed by atoms with E-state index in [2.05, 4.69) is 10.1 Å². The molecule has 0 saturated carbocycles. The van der Waals surface area contributed by atoms with Crippen molar-refractivity contribution in [2.24, 2.45) is 0 Å². The number of aryl methyl sites for hydroxylation is 1. The third-order valence-corrected chi connectivity index (χ3v) is 2.55. The van der Waals surface area contributed by atoms with Gasteiger partial charge in [-0.3, -0.25) is 0 Å². The summed E-state index contributed by atoms with van der Waals surface area (Å²) in [5, 5.41) is 4.14. The van der Waals surface area contributed by atoms with Crippen LogP contribution in [0.1, 0.15) is 23.1 Å². The van der Waals surface area contributed by atoms with Gasteiger partial charge in [0.2, 0.25) is 0 Å². The molecular formula is C12H11ClN2O3. The third-order valence-electron chi connectivity index (χ3n) is 2.31. The Balaban J connectivity index is 2.35. The third kappa shape index (κ3) is 2.51. The highest BCUT2D eigenvalue weighted by Crippen LogP contribution is 2.25. The molecule has 0 spiro atoms. The van der Waals surface area contributed by atoms with Gasteiger partial charge in [-0.15, -0.1) is 0 Å². The number of benzene rings is 1. The second-order valence-electron chi connectivity index (χ2n) is 3.60. The molecule has 1 aromatic carbocycles. The van der Waals surface area contributed by atoms with E-state index >= 15 is 0 Å². The number of hydrogen-bond donors (Lipinski definition) is 0. The van der Waals surface area contributed by atoms with E-state index in [0.29, 0.717) is 10.6 Å². The molecular weight excluding hydrogens is 256 g/mol. The average Bonchev–Trinajstić information content (AvgIpc) is 2.82. The fraction of sp³-hybridized carbons (Fsp3) is 0.250. The van der Waals surface area contributed by atoms with Crippen LogP contribution in [0.25, 0.3) is 11.5 Å². The van der Waals surface area contributed by atoms with Crippen LogP contribution < -0.4 is 0 Å². The van der Waals surface area contributed by atoms with Crippen molar-refractivity contribution < 1.29 is 14.1 Å². The van der Waals surface area contributed by atoms with Crippen LogP contribution >= 0.6 is 11.6 Å². The Hall–Kier alpha value is -1.88. The maximum Gasteiger partial charge on any atom is 0.379 e. The first-order valence-corrected chi connectivity index (χ1v) is 5.77. The van der Waals surface area contributed by atoms with Crippen molar-refractivity contribution in [3.63, 3.8) is 0 Å². The Morgan fingerprint density at radius 1 is 1.50 bits per heavy atom. The molecule has 94 valence electrons. The summed E-state index contributed by atoms with van der Waals surface area (Å²) in [4.78, 5) is 15.4. The molecule has 0 radical (unpaired) electrons. The highest BCUT2D eigenvalue weighted by atomic mass is 35.5. The highest BCUT2D eigenvalue weighted by molar-refractivity contribution is 6.30. The first-order valence-electron chi connectivity index (χ1n) is 5.39. The summed E-state index contributed by atoms with van der Waals surface area (Å²) in [6.07, 6.45) is 0. The van der Waals surface area contributed by atoms with Gasteiger partial charge in [0.15, 0.2) is 0 Å². The van der Waals surface area contributed by atoms with Gasteiger partial charge in [0.1, 0.15) is 0 Å². The smallest absolute Gasteiger partial charge is 0.379 e. The maximum atomic E-state index is 11.4. The van der Waals surface area contributed by atoms with Crippen LogP contribution in [-0.2, 0) is 4.74 Å². The summed E-state index contributed by atoms with van der Waals surface area (Å²) in [5.41, 5.74) is 1.63. The first kappa shape index (κ1) is 12.6. The Labute approximate surface area is 109 Å². The Morgan fingerprint density at radius 2 is 2.28 bits per heavy atom. The molecule has 2 rings (SSSR count). The molecule has 0 amide bonds. The van der Waals surface area contributed by atoms with Crippen molar-refractivity contribution >= 4 is 17.6 Å². The number of ether oxygens (including phenoxy) is 1. The molecule has 0 saturated heterocycles. The van der Waals surface area contributed by atoms with E-state index < -0.39 is 5.97 Å². The predicted octanol–water partition coefficient (Wildman–Crippen LogP) is 2.88. The molecule has 1 heterocycles. The number of hydrogen-bond acceptors (Lipinski definition) is 5. The summed E-state index contributed by atoms with van der Waals surface area (Å²) in [7, 11) is 0. The summed E-state index contributed by atoms with van der Waals surface area (Å²) in [6, 6.07) is 5.31. The second kappa shape index (κ2) is 5.18. The van der Waals surface area contributed by atoms with Gasteiger partial charge < -0.3 is 9.26 Å². The fourth-order valence-corrected chi connectivity index (χ4v) is 1.61. The van der Waals surface area contributed by atoms with Gasteiger partial charge in [0.05, 0.1) is 6.61 Å². The molecule has 0 aliphatic rings. The normalized spacial score (nSPS) is 10.4. The van der Waals surface area contributed by atoms with E-state index in [-0.39, 0.29) is 18.3 Å². The second-order valence-corrected chi connectivity index (χ2v) is 4.04. The van der Waals surface area contributed by atoms with Gasteiger partial charge in [-0.1, -0.05) is 17.7 Å². The van der Waals surface area contributed by atoms with Gasteiger partial charge in [0.25, 0.3) is 11.7 Å². The van der Waals surface area contributed by atoms with E-state index in [1.807, 2.05) is 13.0 Å². The van der Waals surface area contributed by atoms with Gasteiger partial charge >= 0.3 is 5.97 Å². The number of esters is 1. The van der Waals surface area contributed by atoms with Crippen LogP contribution in [0.3, 0.4) is 0 Å². The van der Waals surface area contributed by atoms with Crippen molar-refractivity contribution in [2.75, 3.05) is 6.61 Å². The van der Waals surface area contributed by atoms with Gasteiger partial charge in [0, 0.05) is 10.6 Å². The number of carbonyl (C=O) groups excluding carboxylic acids is 1. The molecule has 6 heteroatoms. The molecule has 0 unspecified atom stereocenters. The Kier molecular flexibility index (Phi) is 3.62. The van der Waals surface area contributed by atoms with Gasteiger partial charge in [-0.2, -0.15) is 4.98 Å². The van der Waals surface area contributed by atoms with Crippen molar-refractivity contribution in [1.29, 1.82) is 0 Å². The molecule has 2 aromatic rings. The summed E-state index contributed by atoms with van der Waals surface area (Å²) in [6.45, 7) is 3.86. The van der Waals surface area contributed by atoms with E-state index in [9.17, 15) is 4.79 Å². The Bertz CT molecular complexity index is 580. The fourth-order valence-electron chi connectivity index (χ4n) is 1.44. The van der Waals surface area contributed by atoms with Crippen molar-refractivity contribution in [1.82, 2.24) is 10.1 Å². The molecule has 0 aliphatic carbocycles. The molecule has 18 heavy (non-hydrogen) atoms. The van der Waals surface area contributed by atoms with Crippen molar-refractivity contribution in [3.8, 4) is 11.5 Å². The summed E-state index contributed by atoms with van der Waals surface area (Å²) in [5.74, 6) is -0.448. The van der Waals surface area contributed by atoms with E-state index in [1.165, 1.54) is 0 Å². The van der Waals surface area contributed by atoms with Crippen LogP contribution in [0.4, 0.5) is 0 Å². The molecule has 0 aliphatic heterocycles. The summed E-state index contributed by atoms with van der Waals surface area (Å²) >= 11 is 5.90. The highest BCUT2D eigenvalue weighted by Gasteiger charge is 2.17. The average molecular weight is 267 g/mol. The minimum atomic E-state index is -0.604. The van der Waals surface area contributed by atoms with Crippen molar-refractivity contribution in [2.45, 2.75) is 13.8 Å². The van der Waals surface area contributed by atoms with E-state index in [1.54, 1.807) is 19.1 Å². The van der Waals surface area contributed by atoms with Gasteiger partial charge in [-0.05, 0) is 36.7 Å². The van der Waals surface area contributed by atoms with E-state index in [0.717, 1.165) is 5.56 Å².